The van der Waals surface area contributed by atoms with Gasteiger partial charge >= 0.3 is 0 Å². The van der Waals surface area contributed by atoms with Crippen LogP contribution in [0.3, 0.4) is 0 Å². The van der Waals surface area contributed by atoms with E-state index in [0.717, 1.165) is 39.0 Å². The molecule has 0 saturated heterocycles. The highest BCUT2D eigenvalue weighted by Crippen LogP contribution is 2.28. The van der Waals surface area contributed by atoms with Gasteiger partial charge < -0.3 is 10.6 Å². The van der Waals surface area contributed by atoms with Gasteiger partial charge in [-0.25, -0.2) is 0 Å². The number of amides is 1. The molecule has 0 aliphatic rings. The van der Waals surface area contributed by atoms with Crippen molar-refractivity contribution >= 4 is 45.2 Å². The lowest BCUT2D eigenvalue weighted by atomic mass is 10.1. The van der Waals surface area contributed by atoms with Gasteiger partial charge in [0.2, 0.25) is 10.9 Å². The van der Waals surface area contributed by atoms with Gasteiger partial charge in [0.25, 0.3) is 0 Å². The Hall–Kier alpha value is -2.39. The molecule has 9 heteroatoms. The van der Waals surface area contributed by atoms with Gasteiger partial charge in [0.15, 0.2) is 10.9 Å². The maximum atomic E-state index is 11.6. The van der Waals surface area contributed by atoms with E-state index in [9.17, 15) is 4.79 Å². The van der Waals surface area contributed by atoms with Crippen molar-refractivity contribution in [1.82, 2.24) is 25.1 Å². The summed E-state index contributed by atoms with van der Waals surface area (Å²) in [5.74, 6) is 0.685. The van der Waals surface area contributed by atoms with Crippen LogP contribution in [0.5, 0.6) is 0 Å². The van der Waals surface area contributed by atoms with Gasteiger partial charge in [-0.15, -0.1) is 10.2 Å². The van der Waals surface area contributed by atoms with Crippen molar-refractivity contribution in [2.24, 2.45) is 0 Å². The van der Waals surface area contributed by atoms with Crippen molar-refractivity contribution in [3.8, 4) is 10.6 Å². The second-order valence-electron chi connectivity index (χ2n) is 5.63. The molecule has 0 unspecified atom stereocenters. The zero-order valence-corrected chi connectivity index (χ0v) is 15.8. The van der Waals surface area contributed by atoms with E-state index in [1.54, 1.807) is 4.52 Å². The van der Waals surface area contributed by atoms with Crippen LogP contribution in [0.1, 0.15) is 31.2 Å². The van der Waals surface area contributed by atoms with Gasteiger partial charge in [-0.05, 0) is 56.2 Å². The van der Waals surface area contributed by atoms with Crippen LogP contribution in [0.15, 0.2) is 18.2 Å². The molecule has 0 aliphatic heterocycles. The van der Waals surface area contributed by atoms with Crippen LogP contribution in [-0.4, -0.2) is 30.8 Å². The lowest BCUT2D eigenvalue weighted by Crippen LogP contribution is -2.34. The van der Waals surface area contributed by atoms with E-state index >= 15 is 0 Å². The zero-order valence-electron chi connectivity index (χ0n) is 14.2. The second-order valence-corrected chi connectivity index (χ2v) is 7.00. The molecule has 25 heavy (non-hydrogen) atoms. The summed E-state index contributed by atoms with van der Waals surface area (Å²) < 4.78 is 1.74. The van der Waals surface area contributed by atoms with Crippen molar-refractivity contribution in [3.05, 3.63) is 29.6 Å². The summed E-state index contributed by atoms with van der Waals surface area (Å²) in [5.41, 5.74) is 2.86. The van der Waals surface area contributed by atoms with Crippen LogP contribution in [0.4, 0.5) is 5.69 Å². The number of nitrogens with one attached hydrogen (secondary N) is 2. The number of carbonyl (C=O) groups is 1. The van der Waals surface area contributed by atoms with Crippen LogP contribution >= 0.6 is 23.6 Å². The first-order valence-corrected chi connectivity index (χ1v) is 9.11. The molecule has 0 fully saturated rings. The largest absolute Gasteiger partial charge is 0.332 e. The first-order chi connectivity index (χ1) is 12.0. The summed E-state index contributed by atoms with van der Waals surface area (Å²) in [4.78, 5) is 12.4. The van der Waals surface area contributed by atoms with E-state index in [2.05, 4.69) is 25.9 Å². The minimum atomic E-state index is -0.0793. The Kier molecular flexibility index (Phi) is 5.05. The SMILES string of the molecule is CCCC(=O)NC(=S)Nc1ccc(-c2nn3c(C)nnc3s2)cc1C. The smallest absolute Gasteiger partial charge is 0.234 e. The number of benzene rings is 1. The number of fused-ring (bicyclic) bond motifs is 1. The van der Waals surface area contributed by atoms with Gasteiger partial charge in [-0.2, -0.15) is 9.61 Å². The first kappa shape index (κ1) is 17.4. The second kappa shape index (κ2) is 7.24. The van der Waals surface area contributed by atoms with E-state index in [1.165, 1.54) is 11.3 Å². The summed E-state index contributed by atoms with van der Waals surface area (Å²) in [6, 6.07) is 5.92. The van der Waals surface area contributed by atoms with Crippen LogP contribution in [0.25, 0.3) is 15.5 Å². The number of aromatic nitrogens is 4. The Balaban J connectivity index is 1.76. The number of hydrogen-bond acceptors (Lipinski definition) is 6. The molecule has 0 spiro atoms. The molecule has 7 nitrogen and oxygen atoms in total. The van der Waals surface area contributed by atoms with Crippen LogP contribution in [-0.2, 0) is 4.79 Å². The lowest BCUT2D eigenvalue weighted by molar-refractivity contribution is -0.119. The molecule has 3 aromatic rings. The van der Waals surface area contributed by atoms with Crippen molar-refractivity contribution < 1.29 is 4.79 Å². The molecule has 2 N–H and O–H groups in total. The Morgan fingerprint density at radius 3 is 2.80 bits per heavy atom. The number of thiocarbonyl (C=S) groups is 1. The number of nitrogens with zero attached hydrogens (tertiary/aromatic N) is 4. The Morgan fingerprint density at radius 1 is 1.32 bits per heavy atom. The third-order valence-electron chi connectivity index (χ3n) is 3.60. The van der Waals surface area contributed by atoms with Crippen molar-refractivity contribution in [2.75, 3.05) is 5.32 Å². The van der Waals surface area contributed by atoms with E-state index in [1.807, 2.05) is 39.0 Å². The molecule has 0 aliphatic carbocycles. The zero-order chi connectivity index (χ0) is 18.0. The topological polar surface area (TPSA) is 84.2 Å². The molecule has 130 valence electrons. The van der Waals surface area contributed by atoms with Crippen LogP contribution in [0.2, 0.25) is 0 Å². The van der Waals surface area contributed by atoms with E-state index < -0.39 is 0 Å². The van der Waals surface area contributed by atoms with Crippen LogP contribution < -0.4 is 10.6 Å². The first-order valence-electron chi connectivity index (χ1n) is 7.88. The molecular formula is C16H18N6OS2. The normalized spacial score (nSPS) is 10.8. The number of hydrogen-bond donors (Lipinski definition) is 2. The average Bonchev–Trinajstić information content (AvgIpc) is 3.12. The fraction of sp³-hybridized carbons (Fsp3) is 0.312. The fourth-order valence-electron chi connectivity index (χ4n) is 2.34. The molecule has 0 atom stereocenters. The monoisotopic (exact) mass is 374 g/mol. The molecular weight excluding hydrogens is 356 g/mol. The number of rotatable bonds is 4. The average molecular weight is 374 g/mol. The van der Waals surface area contributed by atoms with E-state index in [4.69, 9.17) is 12.2 Å². The molecule has 3 rings (SSSR count). The number of carbonyl (C=O) groups excluding carboxylic acids is 1. The maximum absolute atomic E-state index is 11.6. The van der Waals surface area contributed by atoms with Gasteiger partial charge in [-0.1, -0.05) is 18.3 Å². The van der Waals surface area contributed by atoms with Gasteiger partial charge in [0.05, 0.1) is 0 Å². The summed E-state index contributed by atoms with van der Waals surface area (Å²) >= 11 is 6.68. The summed E-state index contributed by atoms with van der Waals surface area (Å²) in [7, 11) is 0. The van der Waals surface area contributed by atoms with Crippen molar-refractivity contribution in [3.63, 3.8) is 0 Å². The molecule has 2 heterocycles. The third-order valence-corrected chi connectivity index (χ3v) is 4.75. The quantitative estimate of drug-likeness (QED) is 0.683. The molecule has 1 aromatic carbocycles. The number of aryl methyl sites for hydroxylation is 2. The molecule has 2 aromatic heterocycles. The minimum absolute atomic E-state index is 0.0793. The maximum Gasteiger partial charge on any atom is 0.234 e. The van der Waals surface area contributed by atoms with Crippen LogP contribution in [0, 0.1) is 13.8 Å². The molecule has 0 radical (unpaired) electrons. The van der Waals surface area contributed by atoms with Gasteiger partial charge in [-0.3, -0.25) is 4.79 Å². The summed E-state index contributed by atoms with van der Waals surface area (Å²) in [6.45, 7) is 5.80. The van der Waals surface area contributed by atoms with Crippen molar-refractivity contribution in [2.45, 2.75) is 33.6 Å². The minimum Gasteiger partial charge on any atom is -0.332 e. The molecule has 1 amide bonds. The number of anilines is 1. The Labute approximate surface area is 154 Å². The predicted octanol–water partition coefficient (Wildman–Crippen LogP) is 3.08. The third kappa shape index (κ3) is 3.83. The summed E-state index contributed by atoms with van der Waals surface area (Å²) in [6.07, 6.45) is 1.24. The summed E-state index contributed by atoms with van der Waals surface area (Å²) in [5, 5.41) is 19.5. The van der Waals surface area contributed by atoms with Gasteiger partial charge in [0.1, 0.15) is 5.01 Å². The highest BCUT2D eigenvalue weighted by atomic mass is 32.1. The Morgan fingerprint density at radius 2 is 2.12 bits per heavy atom. The molecule has 0 saturated carbocycles. The van der Waals surface area contributed by atoms with Crippen molar-refractivity contribution in [1.29, 1.82) is 0 Å². The van der Waals surface area contributed by atoms with E-state index in [0.29, 0.717) is 11.5 Å². The lowest BCUT2D eigenvalue weighted by Gasteiger charge is -2.12. The Bertz CT molecular complexity index is 945. The van der Waals surface area contributed by atoms with Gasteiger partial charge in [0, 0.05) is 17.7 Å². The highest BCUT2D eigenvalue weighted by Gasteiger charge is 2.12. The molecule has 0 bridgehead atoms. The highest BCUT2D eigenvalue weighted by molar-refractivity contribution is 7.80. The van der Waals surface area contributed by atoms with E-state index in [-0.39, 0.29) is 5.91 Å². The standard InChI is InChI=1S/C16H18N6OS2/c1-4-5-13(23)18-15(24)17-12-7-6-11(8-9(12)2)14-21-22-10(3)19-20-16(22)25-14/h6-8H,4-5H2,1-3H3,(H2,17,18,23,24). The fourth-order valence-corrected chi connectivity index (χ4v) is 3.44. The predicted molar refractivity (Wildman–Crippen MR) is 103 cm³/mol.